The van der Waals surface area contributed by atoms with Crippen molar-refractivity contribution in [3.63, 3.8) is 0 Å². The van der Waals surface area contributed by atoms with Gasteiger partial charge >= 0.3 is 5.97 Å². The highest BCUT2D eigenvalue weighted by Gasteiger charge is 2.41. The second-order valence-corrected chi connectivity index (χ2v) is 8.88. The number of hydrogen-bond acceptors (Lipinski definition) is 6. The first-order valence-corrected chi connectivity index (χ1v) is 10.5. The Labute approximate surface area is 174 Å². The molecule has 1 N–H and O–H groups in total. The summed E-state index contributed by atoms with van der Waals surface area (Å²) >= 11 is 1.19. The summed E-state index contributed by atoms with van der Waals surface area (Å²) in [5, 5.41) is 13.7. The van der Waals surface area contributed by atoms with Gasteiger partial charge in [-0.05, 0) is 36.5 Å². The summed E-state index contributed by atoms with van der Waals surface area (Å²) in [5.74, 6) is -1.29. The number of rotatable bonds is 5. The fourth-order valence-electron chi connectivity index (χ4n) is 3.81. The molecule has 0 radical (unpaired) electrons. The molecule has 0 amide bonds. The molecule has 1 heterocycles. The van der Waals surface area contributed by atoms with Gasteiger partial charge in [-0.15, -0.1) is 0 Å². The average Bonchev–Trinajstić information content (AvgIpc) is 2.65. The molecular formula is C22H23FN2O3S. The van der Waals surface area contributed by atoms with E-state index in [0.29, 0.717) is 34.6 Å². The number of allylic oxidation sites excluding steroid dienone is 3. The molecule has 152 valence electrons. The number of carbonyl (C=O) groups is 2. The number of esters is 1. The van der Waals surface area contributed by atoms with Crippen molar-refractivity contribution in [2.75, 3.05) is 12.4 Å². The number of halogens is 1. The number of Topliss-reactive ketones (excluding diaryl/α,β-unsaturated/α-hetero) is 1. The van der Waals surface area contributed by atoms with Gasteiger partial charge < -0.3 is 10.1 Å². The first-order valence-electron chi connectivity index (χ1n) is 9.47. The number of hydrogen-bond donors (Lipinski definition) is 1. The molecule has 5 nitrogen and oxygen atoms in total. The second kappa shape index (κ2) is 8.42. The van der Waals surface area contributed by atoms with Gasteiger partial charge in [-0.25, -0.2) is 4.39 Å². The van der Waals surface area contributed by atoms with Crippen LogP contribution in [0.1, 0.15) is 45.1 Å². The van der Waals surface area contributed by atoms with Crippen molar-refractivity contribution in [3.05, 3.63) is 57.5 Å². The Bertz CT molecular complexity index is 942. The molecule has 0 aromatic heterocycles. The van der Waals surface area contributed by atoms with Crippen molar-refractivity contribution >= 4 is 23.5 Å². The minimum Gasteiger partial charge on any atom is -0.465 e. The Kier molecular flexibility index (Phi) is 6.13. The topological polar surface area (TPSA) is 79.2 Å². The number of carbonyl (C=O) groups excluding carboxylic acids is 2. The Morgan fingerprint density at radius 3 is 2.66 bits per heavy atom. The fourth-order valence-corrected chi connectivity index (χ4v) is 4.67. The number of benzene rings is 1. The molecule has 7 heteroatoms. The lowest BCUT2D eigenvalue weighted by Gasteiger charge is -2.39. The maximum atomic E-state index is 13.5. The minimum atomic E-state index is -0.579. The van der Waals surface area contributed by atoms with E-state index in [9.17, 15) is 19.2 Å². The Balaban J connectivity index is 2.06. The van der Waals surface area contributed by atoms with Crippen LogP contribution in [0.5, 0.6) is 0 Å². The predicted octanol–water partition coefficient (Wildman–Crippen LogP) is 4.19. The number of ketones is 1. The third-order valence-electron chi connectivity index (χ3n) is 4.97. The van der Waals surface area contributed by atoms with Crippen molar-refractivity contribution in [2.24, 2.45) is 5.41 Å². The molecule has 3 rings (SSSR count). The standard InChI is InChI=1S/C22H23FN2O3S/c1-4-28-18(27)12-29-21-15(11-24)19(13-5-7-14(23)8-6-13)20-16(25-21)9-22(2,3)10-17(20)26/h5-8,19,25H,4,9-10,12H2,1-3H3/t19-/m0/s1. The van der Waals surface area contributed by atoms with Crippen molar-refractivity contribution in [3.8, 4) is 6.07 Å². The van der Waals surface area contributed by atoms with Crippen molar-refractivity contribution in [1.82, 2.24) is 5.32 Å². The SMILES string of the molecule is CCOC(=O)CSC1=C(C#N)[C@H](c2ccc(F)cc2)C2=C(CC(C)(C)CC2=O)N1. The molecule has 0 saturated heterocycles. The van der Waals surface area contributed by atoms with Crippen LogP contribution in [0.3, 0.4) is 0 Å². The fraction of sp³-hybridized carbons (Fsp3) is 0.409. The largest absolute Gasteiger partial charge is 0.465 e. The van der Waals surface area contributed by atoms with Crippen LogP contribution >= 0.6 is 11.8 Å². The molecule has 0 saturated carbocycles. The van der Waals surface area contributed by atoms with Gasteiger partial charge in [-0.3, -0.25) is 9.59 Å². The molecule has 1 atom stereocenters. The highest BCUT2D eigenvalue weighted by atomic mass is 32.2. The normalized spacial score (nSPS) is 20.7. The molecule has 1 aromatic carbocycles. The summed E-state index contributed by atoms with van der Waals surface area (Å²) in [6.45, 7) is 6.07. The second-order valence-electron chi connectivity index (χ2n) is 7.89. The third-order valence-corrected chi connectivity index (χ3v) is 5.96. The van der Waals surface area contributed by atoms with Crippen LogP contribution in [0.4, 0.5) is 4.39 Å². The Morgan fingerprint density at radius 2 is 2.03 bits per heavy atom. The van der Waals surface area contributed by atoms with Gasteiger partial charge in [0, 0.05) is 17.7 Å². The van der Waals surface area contributed by atoms with Gasteiger partial charge in [0.15, 0.2) is 5.78 Å². The highest BCUT2D eigenvalue weighted by Crippen LogP contribution is 2.47. The van der Waals surface area contributed by atoms with Gasteiger partial charge in [0.25, 0.3) is 0 Å². The molecule has 1 aromatic rings. The zero-order chi connectivity index (χ0) is 21.2. The van der Waals surface area contributed by atoms with E-state index in [4.69, 9.17) is 4.74 Å². The van der Waals surface area contributed by atoms with Crippen LogP contribution < -0.4 is 5.32 Å². The maximum Gasteiger partial charge on any atom is 0.316 e. The van der Waals surface area contributed by atoms with Crippen LogP contribution in [0, 0.1) is 22.6 Å². The third kappa shape index (κ3) is 4.54. The van der Waals surface area contributed by atoms with E-state index in [0.717, 1.165) is 5.70 Å². The van der Waals surface area contributed by atoms with Crippen LogP contribution in [-0.4, -0.2) is 24.1 Å². The van der Waals surface area contributed by atoms with Gasteiger partial charge in [-0.1, -0.05) is 37.7 Å². The van der Waals surface area contributed by atoms with E-state index in [2.05, 4.69) is 11.4 Å². The van der Waals surface area contributed by atoms with Crippen LogP contribution in [-0.2, 0) is 14.3 Å². The van der Waals surface area contributed by atoms with Crippen molar-refractivity contribution < 1.29 is 18.7 Å². The zero-order valence-electron chi connectivity index (χ0n) is 16.7. The number of ether oxygens (including phenoxy) is 1. The Hall–Kier alpha value is -2.59. The van der Waals surface area contributed by atoms with E-state index in [1.807, 2.05) is 13.8 Å². The molecule has 1 aliphatic carbocycles. The Morgan fingerprint density at radius 1 is 1.34 bits per heavy atom. The molecule has 2 aliphatic rings. The van der Waals surface area contributed by atoms with Gasteiger partial charge in [-0.2, -0.15) is 5.26 Å². The van der Waals surface area contributed by atoms with Gasteiger partial charge in [0.1, 0.15) is 5.82 Å². The quantitative estimate of drug-likeness (QED) is 0.728. The van der Waals surface area contributed by atoms with Crippen LogP contribution in [0.25, 0.3) is 0 Å². The minimum absolute atomic E-state index is 0.0136. The van der Waals surface area contributed by atoms with Crippen molar-refractivity contribution in [1.29, 1.82) is 5.26 Å². The van der Waals surface area contributed by atoms with E-state index in [1.54, 1.807) is 19.1 Å². The summed E-state index contributed by atoms with van der Waals surface area (Å²) in [6, 6.07) is 8.08. The van der Waals surface area contributed by atoms with Gasteiger partial charge in [0.05, 0.1) is 34.9 Å². The van der Waals surface area contributed by atoms with E-state index >= 15 is 0 Å². The summed E-state index contributed by atoms with van der Waals surface area (Å²) in [7, 11) is 0. The number of thioether (sulfide) groups is 1. The first-order chi connectivity index (χ1) is 13.8. The zero-order valence-corrected chi connectivity index (χ0v) is 17.5. The monoisotopic (exact) mass is 414 g/mol. The lowest BCUT2D eigenvalue weighted by molar-refractivity contribution is -0.139. The molecule has 1 aliphatic heterocycles. The number of nitrogens with zero attached hydrogens (tertiary/aromatic N) is 1. The van der Waals surface area contributed by atoms with Crippen molar-refractivity contribution in [2.45, 2.75) is 39.5 Å². The summed E-state index contributed by atoms with van der Waals surface area (Å²) < 4.78 is 18.5. The molecule has 0 spiro atoms. The van der Waals surface area contributed by atoms with Crippen LogP contribution in [0.15, 0.2) is 46.1 Å². The smallest absolute Gasteiger partial charge is 0.316 e. The summed E-state index contributed by atoms with van der Waals surface area (Å²) in [6.07, 6.45) is 1.03. The number of dihydropyridines is 1. The molecule has 0 fully saturated rings. The van der Waals surface area contributed by atoms with E-state index in [1.165, 1.54) is 23.9 Å². The maximum absolute atomic E-state index is 13.5. The molecule has 0 bridgehead atoms. The molecule has 29 heavy (non-hydrogen) atoms. The number of nitriles is 1. The van der Waals surface area contributed by atoms with Crippen LogP contribution in [0.2, 0.25) is 0 Å². The summed E-state index contributed by atoms with van der Waals surface area (Å²) in [5.41, 5.74) is 2.16. The average molecular weight is 415 g/mol. The predicted molar refractivity (Wildman–Crippen MR) is 109 cm³/mol. The van der Waals surface area contributed by atoms with E-state index in [-0.39, 0.29) is 35.3 Å². The highest BCUT2D eigenvalue weighted by molar-refractivity contribution is 8.03. The molecule has 0 unspecified atom stereocenters. The lowest BCUT2D eigenvalue weighted by Crippen LogP contribution is -2.37. The molecular weight excluding hydrogens is 391 g/mol. The number of nitrogens with one attached hydrogen (secondary N) is 1. The van der Waals surface area contributed by atoms with Gasteiger partial charge in [0.2, 0.25) is 0 Å². The first kappa shape index (κ1) is 21.1. The summed E-state index contributed by atoms with van der Waals surface area (Å²) in [4.78, 5) is 24.9. The lowest BCUT2D eigenvalue weighted by atomic mass is 9.69. The van der Waals surface area contributed by atoms with E-state index < -0.39 is 5.92 Å².